The highest BCUT2D eigenvalue weighted by Crippen LogP contribution is 2.16. The van der Waals surface area contributed by atoms with Crippen molar-refractivity contribution in [2.24, 2.45) is 5.92 Å². The molecule has 0 heterocycles. The second kappa shape index (κ2) is 9.82. The van der Waals surface area contributed by atoms with Crippen LogP contribution in [0.25, 0.3) is 0 Å². The smallest absolute Gasteiger partial charge is 0.251 e. The monoisotopic (exact) mass is 435 g/mol. The van der Waals surface area contributed by atoms with Crippen LogP contribution in [-0.2, 0) is 14.8 Å². The van der Waals surface area contributed by atoms with Crippen molar-refractivity contribution < 1.29 is 22.4 Å². The first kappa shape index (κ1) is 23.5. The zero-order chi connectivity index (χ0) is 22.5. The van der Waals surface area contributed by atoms with E-state index >= 15 is 0 Å². The van der Waals surface area contributed by atoms with Crippen molar-refractivity contribution >= 4 is 27.5 Å². The standard InChI is InChI=1S/C21H26FN3O4S/c1-13(2)19(24-20(26)15-5-7-16(22)8-6-15)21(27)23-17-9-11-18(12-10-17)30(28,29)25-14(3)4/h5-14,19,25H,1-4H3,(H,23,27)(H,24,26). The van der Waals surface area contributed by atoms with Gasteiger partial charge in [0.1, 0.15) is 11.9 Å². The lowest BCUT2D eigenvalue weighted by Gasteiger charge is -2.22. The van der Waals surface area contributed by atoms with E-state index in [0.29, 0.717) is 5.69 Å². The van der Waals surface area contributed by atoms with Crippen LogP contribution < -0.4 is 15.4 Å². The lowest BCUT2D eigenvalue weighted by Crippen LogP contribution is -2.47. The van der Waals surface area contributed by atoms with Crippen molar-refractivity contribution in [2.45, 2.75) is 44.7 Å². The van der Waals surface area contributed by atoms with Crippen LogP contribution in [0.5, 0.6) is 0 Å². The number of anilines is 1. The van der Waals surface area contributed by atoms with Crippen LogP contribution in [-0.4, -0.2) is 32.3 Å². The van der Waals surface area contributed by atoms with E-state index in [4.69, 9.17) is 0 Å². The van der Waals surface area contributed by atoms with E-state index in [1.165, 1.54) is 48.5 Å². The first-order valence-electron chi connectivity index (χ1n) is 9.49. The highest BCUT2D eigenvalue weighted by atomic mass is 32.2. The summed E-state index contributed by atoms with van der Waals surface area (Å²) >= 11 is 0. The first-order chi connectivity index (χ1) is 14.0. The summed E-state index contributed by atoms with van der Waals surface area (Å²) in [5.74, 6) is -1.62. The molecule has 2 rings (SSSR count). The van der Waals surface area contributed by atoms with Gasteiger partial charge in [-0.05, 0) is 68.3 Å². The third-order valence-electron chi connectivity index (χ3n) is 4.17. The van der Waals surface area contributed by atoms with E-state index < -0.39 is 33.7 Å². The summed E-state index contributed by atoms with van der Waals surface area (Å²) in [6, 6.07) is 9.67. The van der Waals surface area contributed by atoms with E-state index in [-0.39, 0.29) is 22.4 Å². The molecular formula is C21H26FN3O4S. The van der Waals surface area contributed by atoms with E-state index in [2.05, 4.69) is 15.4 Å². The Morgan fingerprint density at radius 2 is 1.47 bits per heavy atom. The van der Waals surface area contributed by atoms with Gasteiger partial charge in [0.05, 0.1) is 4.90 Å². The van der Waals surface area contributed by atoms with Gasteiger partial charge in [0.25, 0.3) is 5.91 Å². The average molecular weight is 436 g/mol. The predicted molar refractivity (Wildman–Crippen MR) is 113 cm³/mol. The van der Waals surface area contributed by atoms with Gasteiger partial charge in [0.2, 0.25) is 15.9 Å². The van der Waals surface area contributed by atoms with Gasteiger partial charge in [-0.1, -0.05) is 13.8 Å². The largest absolute Gasteiger partial charge is 0.340 e. The van der Waals surface area contributed by atoms with Gasteiger partial charge in [0, 0.05) is 17.3 Å². The Kier molecular flexibility index (Phi) is 7.69. The number of halogens is 1. The summed E-state index contributed by atoms with van der Waals surface area (Å²) in [5, 5.41) is 5.33. The Bertz CT molecular complexity index is 988. The van der Waals surface area contributed by atoms with Crippen molar-refractivity contribution in [3.8, 4) is 0 Å². The van der Waals surface area contributed by atoms with Crippen LogP contribution in [0.15, 0.2) is 53.4 Å². The summed E-state index contributed by atoms with van der Waals surface area (Å²) in [7, 11) is -3.63. The third-order valence-corrected chi connectivity index (χ3v) is 5.84. The van der Waals surface area contributed by atoms with E-state index in [9.17, 15) is 22.4 Å². The predicted octanol–water partition coefficient (Wildman–Crippen LogP) is 2.91. The zero-order valence-corrected chi connectivity index (χ0v) is 18.1. The maximum Gasteiger partial charge on any atom is 0.251 e. The number of carbonyl (C=O) groups is 2. The first-order valence-corrected chi connectivity index (χ1v) is 11.0. The third kappa shape index (κ3) is 6.36. The molecule has 0 radical (unpaired) electrons. The van der Waals surface area contributed by atoms with Crippen LogP contribution >= 0.6 is 0 Å². The number of nitrogens with one attached hydrogen (secondary N) is 3. The minimum atomic E-state index is -3.63. The molecule has 1 unspecified atom stereocenters. The van der Waals surface area contributed by atoms with E-state index in [1.807, 2.05) is 0 Å². The molecule has 30 heavy (non-hydrogen) atoms. The highest BCUT2D eigenvalue weighted by Gasteiger charge is 2.25. The molecule has 2 aromatic rings. The summed E-state index contributed by atoms with van der Waals surface area (Å²) < 4.78 is 39.9. The Labute approximate surface area is 176 Å². The van der Waals surface area contributed by atoms with Crippen molar-refractivity contribution in [1.82, 2.24) is 10.0 Å². The average Bonchev–Trinajstić information content (AvgIpc) is 2.65. The minimum Gasteiger partial charge on any atom is -0.340 e. The van der Waals surface area contributed by atoms with Crippen molar-refractivity contribution in [3.05, 3.63) is 59.9 Å². The van der Waals surface area contributed by atoms with Gasteiger partial charge in [-0.3, -0.25) is 9.59 Å². The van der Waals surface area contributed by atoms with Crippen LogP contribution in [0.2, 0.25) is 0 Å². The number of sulfonamides is 1. The van der Waals surface area contributed by atoms with Crippen molar-refractivity contribution in [1.29, 1.82) is 0 Å². The molecule has 0 bridgehead atoms. The maximum absolute atomic E-state index is 13.0. The zero-order valence-electron chi connectivity index (χ0n) is 17.3. The Balaban J connectivity index is 2.09. The number of hydrogen-bond acceptors (Lipinski definition) is 4. The normalized spacial score (nSPS) is 12.6. The molecule has 0 aliphatic rings. The molecule has 1 atom stereocenters. The summed E-state index contributed by atoms with van der Waals surface area (Å²) in [6.07, 6.45) is 0. The van der Waals surface area contributed by atoms with Gasteiger partial charge in [0.15, 0.2) is 0 Å². The molecule has 7 nitrogen and oxygen atoms in total. The molecule has 0 fully saturated rings. The Hall–Kier alpha value is -2.78. The summed E-state index contributed by atoms with van der Waals surface area (Å²) in [4.78, 5) is 25.2. The Morgan fingerprint density at radius 1 is 0.900 bits per heavy atom. The molecule has 0 saturated heterocycles. The molecule has 162 valence electrons. The number of carbonyl (C=O) groups excluding carboxylic acids is 2. The van der Waals surface area contributed by atoms with Crippen molar-refractivity contribution in [3.63, 3.8) is 0 Å². The summed E-state index contributed by atoms with van der Waals surface area (Å²) in [6.45, 7) is 7.00. The lowest BCUT2D eigenvalue weighted by atomic mass is 10.0. The van der Waals surface area contributed by atoms with Crippen LogP contribution in [0.3, 0.4) is 0 Å². The molecule has 3 N–H and O–H groups in total. The molecule has 0 aliphatic carbocycles. The SMILES string of the molecule is CC(C)NS(=O)(=O)c1ccc(NC(=O)C(NC(=O)c2ccc(F)cc2)C(C)C)cc1. The highest BCUT2D eigenvalue weighted by molar-refractivity contribution is 7.89. The fraction of sp³-hybridized carbons (Fsp3) is 0.333. The van der Waals surface area contributed by atoms with E-state index in [1.54, 1.807) is 27.7 Å². The number of benzene rings is 2. The molecule has 0 aliphatic heterocycles. The van der Waals surface area contributed by atoms with Crippen LogP contribution in [0.1, 0.15) is 38.1 Å². The van der Waals surface area contributed by atoms with Crippen LogP contribution in [0.4, 0.5) is 10.1 Å². The molecule has 9 heteroatoms. The number of hydrogen-bond donors (Lipinski definition) is 3. The maximum atomic E-state index is 13.0. The van der Waals surface area contributed by atoms with E-state index in [0.717, 1.165) is 0 Å². The molecule has 2 amide bonds. The number of amides is 2. The van der Waals surface area contributed by atoms with Gasteiger partial charge >= 0.3 is 0 Å². The van der Waals surface area contributed by atoms with Gasteiger partial charge < -0.3 is 10.6 Å². The van der Waals surface area contributed by atoms with Gasteiger partial charge in [-0.25, -0.2) is 17.5 Å². The quantitative estimate of drug-likeness (QED) is 0.593. The second-order valence-electron chi connectivity index (χ2n) is 7.49. The fourth-order valence-electron chi connectivity index (χ4n) is 2.68. The van der Waals surface area contributed by atoms with Gasteiger partial charge in [-0.15, -0.1) is 0 Å². The molecule has 0 saturated carbocycles. The Morgan fingerprint density at radius 3 is 1.97 bits per heavy atom. The topological polar surface area (TPSA) is 104 Å². The molecule has 0 spiro atoms. The molecule has 0 aromatic heterocycles. The minimum absolute atomic E-state index is 0.0826. The molecular weight excluding hydrogens is 409 g/mol. The summed E-state index contributed by atoms with van der Waals surface area (Å²) in [5.41, 5.74) is 0.632. The van der Waals surface area contributed by atoms with Crippen molar-refractivity contribution in [2.75, 3.05) is 5.32 Å². The van der Waals surface area contributed by atoms with Gasteiger partial charge in [-0.2, -0.15) is 0 Å². The lowest BCUT2D eigenvalue weighted by molar-refractivity contribution is -0.118. The molecule has 2 aromatic carbocycles. The number of rotatable bonds is 8. The van der Waals surface area contributed by atoms with Crippen LogP contribution in [0, 0.1) is 11.7 Å². The second-order valence-corrected chi connectivity index (χ2v) is 9.21. The fourth-order valence-corrected chi connectivity index (χ4v) is 3.93.